The highest BCUT2D eigenvalue weighted by Gasteiger charge is 2.30. The number of aryl methyl sites for hydroxylation is 1. The van der Waals surface area contributed by atoms with Crippen molar-refractivity contribution in [3.8, 4) is 5.69 Å². The fraction of sp³-hybridized carbons (Fsp3) is 0.389. The molecule has 1 aliphatic heterocycles. The van der Waals surface area contributed by atoms with E-state index in [0.717, 1.165) is 11.3 Å². The van der Waals surface area contributed by atoms with Crippen LogP contribution < -0.4 is 0 Å². The molecule has 0 saturated carbocycles. The molecule has 29 heavy (non-hydrogen) atoms. The summed E-state index contributed by atoms with van der Waals surface area (Å²) < 4.78 is 42.4. The normalized spacial score (nSPS) is 16.3. The number of halogens is 1. The van der Waals surface area contributed by atoms with Gasteiger partial charge in [0.25, 0.3) is 10.0 Å². The minimum atomic E-state index is -3.45. The number of aromatic nitrogens is 4. The molecule has 3 aromatic rings. The lowest BCUT2D eigenvalue weighted by atomic mass is 10.3. The van der Waals surface area contributed by atoms with Gasteiger partial charge in [0.05, 0.1) is 12.2 Å². The lowest BCUT2D eigenvalue weighted by Gasteiger charge is -2.33. The molecule has 0 bridgehead atoms. The number of benzene rings is 1. The zero-order valence-electron chi connectivity index (χ0n) is 15.9. The Balaban J connectivity index is 1.41. The van der Waals surface area contributed by atoms with E-state index in [1.165, 1.54) is 27.8 Å². The lowest BCUT2D eigenvalue weighted by molar-refractivity contribution is 0.177. The van der Waals surface area contributed by atoms with E-state index in [0.29, 0.717) is 48.4 Å². The van der Waals surface area contributed by atoms with E-state index in [4.69, 9.17) is 0 Å². The number of piperazine rings is 1. The van der Waals surface area contributed by atoms with Gasteiger partial charge in [-0.25, -0.2) is 12.8 Å². The van der Waals surface area contributed by atoms with Crippen LogP contribution in [-0.2, 0) is 23.0 Å². The standard InChI is InChI=1S/C18H21FN6O2S2/c1-2-16-7-8-18(28-16)29(26,27)24-11-9-23(10-12-24)13-17-20-21-22-25(17)15-5-3-14(19)4-6-15/h3-8H,2,9-13H2,1H3. The molecule has 0 amide bonds. The number of hydrogen-bond donors (Lipinski definition) is 0. The number of tetrazole rings is 1. The molecule has 154 valence electrons. The van der Waals surface area contributed by atoms with Gasteiger partial charge < -0.3 is 0 Å². The molecule has 0 N–H and O–H groups in total. The number of rotatable bonds is 6. The Morgan fingerprint density at radius 3 is 2.45 bits per heavy atom. The summed E-state index contributed by atoms with van der Waals surface area (Å²) in [5, 5.41) is 11.8. The molecule has 3 heterocycles. The molecule has 0 spiro atoms. The van der Waals surface area contributed by atoms with Crippen LogP contribution in [0.3, 0.4) is 0 Å². The van der Waals surface area contributed by atoms with Crippen LogP contribution in [0.25, 0.3) is 5.69 Å². The lowest BCUT2D eigenvalue weighted by Crippen LogP contribution is -2.48. The minimum Gasteiger partial charge on any atom is -0.293 e. The summed E-state index contributed by atoms with van der Waals surface area (Å²) in [5.41, 5.74) is 0.678. The summed E-state index contributed by atoms with van der Waals surface area (Å²) in [6.45, 7) is 4.50. The van der Waals surface area contributed by atoms with Crippen LogP contribution in [0.15, 0.2) is 40.6 Å². The van der Waals surface area contributed by atoms with Gasteiger partial charge in [0, 0.05) is 31.1 Å². The zero-order valence-corrected chi connectivity index (χ0v) is 17.5. The van der Waals surface area contributed by atoms with Gasteiger partial charge in [0.15, 0.2) is 5.82 Å². The van der Waals surface area contributed by atoms with Gasteiger partial charge in [-0.15, -0.1) is 16.4 Å². The van der Waals surface area contributed by atoms with Crippen molar-refractivity contribution >= 4 is 21.4 Å². The topological polar surface area (TPSA) is 84.2 Å². The second-order valence-electron chi connectivity index (χ2n) is 6.74. The van der Waals surface area contributed by atoms with Gasteiger partial charge in [-0.2, -0.15) is 8.99 Å². The monoisotopic (exact) mass is 436 g/mol. The smallest absolute Gasteiger partial charge is 0.252 e. The number of hydrogen-bond acceptors (Lipinski definition) is 7. The number of sulfonamides is 1. The summed E-state index contributed by atoms with van der Waals surface area (Å²) in [6, 6.07) is 9.53. The maximum absolute atomic E-state index is 13.2. The van der Waals surface area contributed by atoms with Crippen LogP contribution in [0.2, 0.25) is 0 Å². The molecule has 11 heteroatoms. The van der Waals surface area contributed by atoms with Crippen molar-refractivity contribution < 1.29 is 12.8 Å². The Labute approximate surface area is 172 Å². The van der Waals surface area contributed by atoms with Crippen LogP contribution in [0.1, 0.15) is 17.6 Å². The van der Waals surface area contributed by atoms with Crippen LogP contribution in [0.5, 0.6) is 0 Å². The number of thiophene rings is 1. The molecule has 8 nitrogen and oxygen atoms in total. The molecule has 1 saturated heterocycles. The molecule has 1 aromatic carbocycles. The van der Waals surface area contributed by atoms with Crippen molar-refractivity contribution in [1.82, 2.24) is 29.4 Å². The first-order valence-corrected chi connectivity index (χ1v) is 11.6. The van der Waals surface area contributed by atoms with Gasteiger partial charge in [-0.3, -0.25) is 4.90 Å². The average molecular weight is 437 g/mol. The van der Waals surface area contributed by atoms with Crippen molar-refractivity contribution in [1.29, 1.82) is 0 Å². The molecule has 0 unspecified atom stereocenters. The SMILES string of the molecule is CCc1ccc(S(=O)(=O)N2CCN(Cc3nnnn3-c3ccc(F)cc3)CC2)s1. The molecule has 2 aromatic heterocycles. The Bertz CT molecular complexity index is 1070. The highest BCUT2D eigenvalue weighted by Crippen LogP contribution is 2.26. The first kappa shape index (κ1) is 20.1. The van der Waals surface area contributed by atoms with Gasteiger partial charge >= 0.3 is 0 Å². The van der Waals surface area contributed by atoms with Gasteiger partial charge in [0.2, 0.25) is 0 Å². The van der Waals surface area contributed by atoms with Crippen molar-refractivity contribution in [2.45, 2.75) is 24.1 Å². The van der Waals surface area contributed by atoms with Crippen molar-refractivity contribution in [3.05, 3.63) is 52.9 Å². The third kappa shape index (κ3) is 4.22. The van der Waals surface area contributed by atoms with E-state index in [1.807, 2.05) is 13.0 Å². The van der Waals surface area contributed by atoms with Crippen molar-refractivity contribution in [3.63, 3.8) is 0 Å². The summed E-state index contributed by atoms with van der Waals surface area (Å²) in [7, 11) is -3.45. The summed E-state index contributed by atoms with van der Waals surface area (Å²) in [4.78, 5) is 3.18. The largest absolute Gasteiger partial charge is 0.293 e. The Hall–Kier alpha value is -2.21. The first-order chi connectivity index (χ1) is 14.0. The molecule has 0 aliphatic carbocycles. The highest BCUT2D eigenvalue weighted by molar-refractivity contribution is 7.91. The maximum Gasteiger partial charge on any atom is 0.252 e. The van der Waals surface area contributed by atoms with Crippen LogP contribution in [-0.4, -0.2) is 64.0 Å². The second kappa shape index (κ2) is 8.27. The van der Waals surface area contributed by atoms with Crippen LogP contribution in [0, 0.1) is 5.82 Å². The predicted molar refractivity (Wildman–Crippen MR) is 107 cm³/mol. The Morgan fingerprint density at radius 2 is 1.79 bits per heavy atom. The average Bonchev–Trinajstić information content (AvgIpc) is 3.39. The van der Waals surface area contributed by atoms with E-state index >= 15 is 0 Å². The first-order valence-electron chi connectivity index (χ1n) is 9.32. The van der Waals surface area contributed by atoms with Gasteiger partial charge in [-0.1, -0.05) is 6.92 Å². The van der Waals surface area contributed by atoms with Crippen molar-refractivity contribution in [2.24, 2.45) is 0 Å². The third-order valence-corrected chi connectivity index (χ3v) is 8.48. The number of nitrogens with zero attached hydrogens (tertiary/aromatic N) is 6. The van der Waals surface area contributed by atoms with E-state index < -0.39 is 10.0 Å². The summed E-state index contributed by atoms with van der Waals surface area (Å²) in [5.74, 6) is 0.302. The third-order valence-electron chi connectivity index (χ3n) is 4.88. The zero-order chi connectivity index (χ0) is 20.4. The minimum absolute atomic E-state index is 0.322. The fourth-order valence-electron chi connectivity index (χ4n) is 3.23. The highest BCUT2D eigenvalue weighted by atomic mass is 32.2. The molecular weight excluding hydrogens is 415 g/mol. The quantitative estimate of drug-likeness (QED) is 0.587. The maximum atomic E-state index is 13.2. The fourth-order valence-corrected chi connectivity index (χ4v) is 6.10. The summed E-state index contributed by atoms with van der Waals surface area (Å²) in [6.07, 6.45) is 0.830. The van der Waals surface area contributed by atoms with Crippen molar-refractivity contribution in [2.75, 3.05) is 26.2 Å². The summed E-state index contributed by atoms with van der Waals surface area (Å²) >= 11 is 1.34. The van der Waals surface area contributed by atoms with E-state index in [9.17, 15) is 12.8 Å². The van der Waals surface area contributed by atoms with Crippen LogP contribution >= 0.6 is 11.3 Å². The molecule has 1 fully saturated rings. The van der Waals surface area contributed by atoms with Gasteiger partial charge in [-0.05, 0) is 53.2 Å². The molecule has 1 aliphatic rings. The Kier molecular flexibility index (Phi) is 5.72. The molecule has 4 rings (SSSR count). The second-order valence-corrected chi connectivity index (χ2v) is 10.1. The molecule has 0 radical (unpaired) electrons. The molecular formula is C18H21FN6O2S2. The van der Waals surface area contributed by atoms with E-state index in [1.54, 1.807) is 22.9 Å². The van der Waals surface area contributed by atoms with Crippen LogP contribution in [0.4, 0.5) is 4.39 Å². The molecule has 0 atom stereocenters. The van der Waals surface area contributed by atoms with Gasteiger partial charge in [0.1, 0.15) is 10.0 Å². The van der Waals surface area contributed by atoms with E-state index in [2.05, 4.69) is 20.4 Å². The Morgan fingerprint density at radius 1 is 1.07 bits per heavy atom. The van der Waals surface area contributed by atoms with E-state index in [-0.39, 0.29) is 5.82 Å². The predicted octanol–water partition coefficient (Wildman–Crippen LogP) is 1.93.